The lowest BCUT2D eigenvalue weighted by molar-refractivity contribution is -0.178. The Labute approximate surface area is 387 Å². The Morgan fingerprint density at radius 3 is 1.47 bits per heavy atom. The molecule has 6 aromatic carbocycles. The maximum absolute atomic E-state index is 12.3. The van der Waals surface area contributed by atoms with Crippen LogP contribution in [0.5, 0.6) is 34.5 Å². The lowest BCUT2D eigenvalue weighted by Crippen LogP contribution is -2.18. The van der Waals surface area contributed by atoms with Gasteiger partial charge >= 0.3 is 0 Å². The average Bonchev–Trinajstić information content (AvgIpc) is 3.28. The summed E-state index contributed by atoms with van der Waals surface area (Å²) < 4.78 is 99.5. The summed E-state index contributed by atoms with van der Waals surface area (Å²) in [5.41, 5.74) is 6.39. The van der Waals surface area contributed by atoms with Gasteiger partial charge in [-0.1, -0.05) is 81.4 Å². The van der Waals surface area contributed by atoms with Gasteiger partial charge in [0.15, 0.2) is 5.75 Å². The van der Waals surface area contributed by atoms with Crippen LogP contribution < -0.4 is 28.6 Å². The highest BCUT2D eigenvalue weighted by Gasteiger charge is 2.25. The van der Waals surface area contributed by atoms with Gasteiger partial charge in [0.25, 0.3) is 20.2 Å². The second-order valence-corrected chi connectivity index (χ2v) is 18.7. The van der Waals surface area contributed by atoms with Crippen molar-refractivity contribution in [3.63, 3.8) is 0 Å². The Balaban J connectivity index is 1.35. The van der Waals surface area contributed by atoms with Crippen LogP contribution in [-0.4, -0.2) is 60.2 Å². The number of rotatable bonds is 22. The van der Waals surface area contributed by atoms with E-state index >= 15 is 0 Å². The van der Waals surface area contributed by atoms with Gasteiger partial charge in [0, 0.05) is 35.8 Å². The van der Waals surface area contributed by atoms with Gasteiger partial charge < -0.3 is 28.6 Å². The molecular weight excluding hydrogens is 885 g/mol. The number of hydrogen-bond acceptors (Lipinski definition) is 11. The maximum atomic E-state index is 12.3. The van der Waals surface area contributed by atoms with Crippen LogP contribution in [0.25, 0.3) is 0 Å². The SMILES string of the molecule is CCOc1ccc(C(C)(C)c2ccc(OCOc3c(Cc4cc(S(=O)(=O)O)ccc4OOC)cccc3Cc3cccc(Cc4cc(S(=O)(=O)O)cc(CC)c4OCC)c3OC)cc2)cc1. The summed E-state index contributed by atoms with van der Waals surface area (Å²) in [7, 11) is -6.18. The van der Waals surface area contributed by atoms with E-state index in [4.69, 9.17) is 33.5 Å². The molecule has 6 aromatic rings. The average molecular weight is 941 g/mol. The molecule has 0 aliphatic rings. The molecule has 0 saturated heterocycles. The molecule has 0 aliphatic carbocycles. The van der Waals surface area contributed by atoms with Gasteiger partial charge in [-0.2, -0.15) is 21.7 Å². The molecule has 0 atom stereocenters. The van der Waals surface area contributed by atoms with Gasteiger partial charge in [-0.15, -0.1) is 0 Å². The first-order valence-electron chi connectivity index (χ1n) is 21.4. The second-order valence-electron chi connectivity index (χ2n) is 15.9. The zero-order valence-electron chi connectivity index (χ0n) is 38.1. The number of para-hydroxylation sites is 2. The fourth-order valence-electron chi connectivity index (χ4n) is 7.94. The van der Waals surface area contributed by atoms with Crippen molar-refractivity contribution in [3.8, 4) is 34.5 Å². The highest BCUT2D eigenvalue weighted by atomic mass is 32.2. The first-order chi connectivity index (χ1) is 31.5. The minimum Gasteiger partial charge on any atom is -0.496 e. The lowest BCUT2D eigenvalue weighted by Gasteiger charge is -2.26. The van der Waals surface area contributed by atoms with E-state index in [1.165, 1.54) is 37.4 Å². The summed E-state index contributed by atoms with van der Waals surface area (Å²) in [4.78, 5) is 9.80. The highest BCUT2D eigenvalue weighted by Crippen LogP contribution is 2.38. The molecule has 350 valence electrons. The lowest BCUT2D eigenvalue weighted by atomic mass is 9.78. The van der Waals surface area contributed by atoms with Gasteiger partial charge in [0.1, 0.15) is 28.7 Å². The topological polar surface area (TPSA) is 173 Å². The van der Waals surface area contributed by atoms with Crippen LogP contribution in [0.1, 0.15) is 84.7 Å². The van der Waals surface area contributed by atoms with Crippen molar-refractivity contribution in [2.45, 2.75) is 75.5 Å². The number of hydrogen-bond donors (Lipinski definition) is 2. The number of methoxy groups -OCH3 is 1. The Morgan fingerprint density at radius 1 is 0.500 bits per heavy atom. The van der Waals surface area contributed by atoms with Crippen LogP contribution in [0.4, 0.5) is 0 Å². The van der Waals surface area contributed by atoms with E-state index < -0.39 is 20.2 Å². The van der Waals surface area contributed by atoms with Crippen LogP contribution in [0.2, 0.25) is 0 Å². The molecule has 2 N–H and O–H groups in total. The molecule has 6 rings (SSSR count). The molecule has 13 nitrogen and oxygen atoms in total. The van der Waals surface area contributed by atoms with Crippen LogP contribution >= 0.6 is 0 Å². The van der Waals surface area contributed by atoms with Gasteiger partial charge in [-0.3, -0.25) is 9.11 Å². The molecule has 0 aliphatic heterocycles. The van der Waals surface area contributed by atoms with Crippen molar-refractivity contribution in [1.29, 1.82) is 0 Å². The summed E-state index contributed by atoms with van der Waals surface area (Å²) in [5.74, 6) is 3.17. The first-order valence-corrected chi connectivity index (χ1v) is 24.3. The Morgan fingerprint density at radius 2 is 0.970 bits per heavy atom. The molecule has 0 amide bonds. The molecule has 0 radical (unpaired) electrons. The standard InChI is InChI=1S/C51H56O13S2/c1-8-34-30-46(66(55,56)57)32-40(49(34)61-10-3)29-36-14-11-13-35(48(36)58-6)27-37-15-12-16-38(28-39-31-45(65(52,53)54)25-26-47(39)64-59-7)50(37)63-33-62-44-23-19-42(20-24-44)51(4,5)41-17-21-43(22-18-41)60-9-2/h11-26,30-32H,8-10,27-29,33H2,1-7H3,(H,52,53,54)(H,55,56,57). The van der Waals surface area contributed by atoms with Crippen molar-refractivity contribution in [1.82, 2.24) is 0 Å². The molecule has 0 bridgehead atoms. The van der Waals surface area contributed by atoms with Crippen molar-refractivity contribution >= 4 is 20.2 Å². The van der Waals surface area contributed by atoms with Gasteiger partial charge in [0.2, 0.25) is 6.79 Å². The predicted octanol–water partition coefficient (Wildman–Crippen LogP) is 10.0. The van der Waals surface area contributed by atoms with Crippen molar-refractivity contribution in [2.75, 3.05) is 34.2 Å². The fourth-order valence-corrected chi connectivity index (χ4v) is 9.06. The summed E-state index contributed by atoms with van der Waals surface area (Å²) in [6.07, 6.45) is 1.09. The molecule has 66 heavy (non-hydrogen) atoms. The largest absolute Gasteiger partial charge is 0.496 e. The summed E-state index contributed by atoms with van der Waals surface area (Å²) in [6.45, 7) is 10.7. The fraction of sp³-hybridized carbons (Fsp3) is 0.294. The zero-order chi connectivity index (χ0) is 47.6. The number of aryl methyl sites for hydroxylation is 1. The summed E-state index contributed by atoms with van der Waals surface area (Å²) >= 11 is 0. The molecule has 0 unspecified atom stereocenters. The predicted molar refractivity (Wildman–Crippen MR) is 251 cm³/mol. The molecule has 0 fully saturated rings. The smallest absolute Gasteiger partial charge is 0.294 e. The van der Waals surface area contributed by atoms with E-state index in [-0.39, 0.29) is 40.6 Å². The normalized spacial score (nSPS) is 11.8. The van der Waals surface area contributed by atoms with E-state index in [0.717, 1.165) is 33.6 Å². The van der Waals surface area contributed by atoms with E-state index in [1.807, 2.05) is 93.6 Å². The monoisotopic (exact) mass is 940 g/mol. The van der Waals surface area contributed by atoms with E-state index in [1.54, 1.807) is 7.11 Å². The minimum absolute atomic E-state index is 0.0990. The quantitative estimate of drug-likeness (QED) is 0.0285. The highest BCUT2D eigenvalue weighted by molar-refractivity contribution is 7.86. The van der Waals surface area contributed by atoms with E-state index in [0.29, 0.717) is 71.3 Å². The Hall–Kier alpha value is -6.10. The van der Waals surface area contributed by atoms with Crippen LogP contribution in [0.15, 0.2) is 125 Å². The third-order valence-corrected chi connectivity index (χ3v) is 13.0. The second kappa shape index (κ2) is 21.5. The van der Waals surface area contributed by atoms with E-state index in [9.17, 15) is 25.9 Å². The van der Waals surface area contributed by atoms with Gasteiger partial charge in [-0.25, -0.2) is 0 Å². The summed E-state index contributed by atoms with van der Waals surface area (Å²) in [6, 6.07) is 34.0. The maximum Gasteiger partial charge on any atom is 0.294 e. The molecule has 0 aromatic heterocycles. The van der Waals surface area contributed by atoms with Crippen molar-refractivity contribution in [3.05, 3.63) is 165 Å². The Bertz CT molecular complexity index is 2840. The third kappa shape index (κ3) is 11.8. The molecule has 15 heteroatoms. The van der Waals surface area contributed by atoms with Crippen molar-refractivity contribution in [2.24, 2.45) is 0 Å². The first kappa shape index (κ1) is 49.3. The Kier molecular flexibility index (Phi) is 16.0. The van der Waals surface area contributed by atoms with Crippen LogP contribution in [0, 0.1) is 0 Å². The number of ether oxygens (including phenoxy) is 5. The molecule has 0 heterocycles. The molecule has 0 saturated carbocycles. The molecule has 0 spiro atoms. The minimum atomic E-state index is -4.56. The zero-order valence-corrected chi connectivity index (χ0v) is 39.8. The van der Waals surface area contributed by atoms with Crippen molar-refractivity contribution < 1.29 is 59.4 Å². The van der Waals surface area contributed by atoms with Crippen LogP contribution in [-0.2, 0) is 56.2 Å². The van der Waals surface area contributed by atoms with Gasteiger partial charge in [0.05, 0.1) is 37.2 Å². The van der Waals surface area contributed by atoms with Gasteiger partial charge in [-0.05, 0) is 114 Å². The van der Waals surface area contributed by atoms with Crippen LogP contribution in [0.3, 0.4) is 0 Å². The van der Waals surface area contributed by atoms with E-state index in [2.05, 4.69) is 26.0 Å². The number of benzene rings is 6. The summed E-state index contributed by atoms with van der Waals surface area (Å²) in [5, 5.41) is 0. The molecular formula is C51H56O13S2. The third-order valence-electron chi connectivity index (χ3n) is 11.3.